The zero-order valence-corrected chi connectivity index (χ0v) is 19.4. The number of nitrogens with one attached hydrogen (secondary N) is 1. The number of unbranched alkanes of at least 4 members (excludes halogenated alkanes) is 10. The molecule has 5 heteroatoms. The number of rotatable bonds is 17. The molecule has 1 unspecified atom stereocenters. The SMILES string of the molecule is CCCCCCCC/C=C\CCCCCCC(C)C(=O)Nc1ccc(O)c(C(=O)O)c1. The minimum atomic E-state index is -1.22. The Balaban J connectivity index is 2.09. The van der Waals surface area contributed by atoms with Gasteiger partial charge < -0.3 is 15.5 Å². The van der Waals surface area contributed by atoms with Gasteiger partial charge in [-0.15, -0.1) is 0 Å². The second kappa shape index (κ2) is 16.4. The van der Waals surface area contributed by atoms with Gasteiger partial charge in [0.25, 0.3) is 0 Å². The lowest BCUT2D eigenvalue weighted by molar-refractivity contribution is -0.119. The van der Waals surface area contributed by atoms with Crippen LogP contribution in [0.25, 0.3) is 0 Å². The van der Waals surface area contributed by atoms with Crippen LogP contribution in [0.4, 0.5) is 5.69 Å². The lowest BCUT2D eigenvalue weighted by Gasteiger charge is -2.13. The van der Waals surface area contributed by atoms with Crippen LogP contribution in [-0.4, -0.2) is 22.1 Å². The average Bonchev–Trinajstić information content (AvgIpc) is 2.74. The Hall–Kier alpha value is -2.30. The maximum absolute atomic E-state index is 12.3. The molecule has 1 aromatic carbocycles. The van der Waals surface area contributed by atoms with Gasteiger partial charge in [-0.2, -0.15) is 0 Å². The minimum Gasteiger partial charge on any atom is -0.507 e. The van der Waals surface area contributed by atoms with Crippen molar-refractivity contribution < 1.29 is 19.8 Å². The Kier molecular flexibility index (Phi) is 14.1. The Morgan fingerprint density at radius 3 is 2.13 bits per heavy atom. The topological polar surface area (TPSA) is 86.6 Å². The number of hydrogen-bond donors (Lipinski definition) is 3. The van der Waals surface area contributed by atoms with E-state index in [-0.39, 0.29) is 23.1 Å². The molecule has 3 N–H and O–H groups in total. The molecule has 0 aliphatic heterocycles. The van der Waals surface area contributed by atoms with E-state index in [1.54, 1.807) is 0 Å². The van der Waals surface area contributed by atoms with E-state index < -0.39 is 5.97 Å². The number of aromatic hydroxyl groups is 1. The van der Waals surface area contributed by atoms with E-state index in [0.29, 0.717) is 5.69 Å². The molecule has 0 radical (unpaired) electrons. The molecule has 1 atom stereocenters. The quantitative estimate of drug-likeness (QED) is 0.137. The molecular formula is C26H41NO4. The van der Waals surface area contributed by atoms with Crippen molar-refractivity contribution in [1.82, 2.24) is 0 Å². The van der Waals surface area contributed by atoms with Crippen molar-refractivity contribution in [3.63, 3.8) is 0 Å². The Bertz CT molecular complexity index is 684. The van der Waals surface area contributed by atoms with Crippen molar-refractivity contribution in [2.24, 2.45) is 5.92 Å². The highest BCUT2D eigenvalue weighted by atomic mass is 16.4. The largest absolute Gasteiger partial charge is 0.507 e. The first-order valence-electron chi connectivity index (χ1n) is 12.0. The van der Waals surface area contributed by atoms with E-state index in [2.05, 4.69) is 24.4 Å². The number of anilines is 1. The van der Waals surface area contributed by atoms with Gasteiger partial charge in [0.05, 0.1) is 0 Å². The standard InChI is InChI=1S/C26H41NO4/c1-3-4-5-6-7-8-9-10-11-12-13-14-15-16-17-21(2)25(29)27-22-18-19-24(28)23(20-22)26(30)31/h10-11,18-21,28H,3-9,12-17H2,1-2H3,(H,27,29)(H,30,31)/b11-10-. The molecule has 0 fully saturated rings. The van der Waals surface area contributed by atoms with E-state index in [1.165, 1.54) is 76.0 Å². The Labute approximate surface area is 188 Å². The zero-order chi connectivity index (χ0) is 22.9. The average molecular weight is 432 g/mol. The summed E-state index contributed by atoms with van der Waals surface area (Å²) in [6.45, 7) is 4.14. The summed E-state index contributed by atoms with van der Waals surface area (Å²) in [6, 6.07) is 4.07. The van der Waals surface area contributed by atoms with Crippen LogP contribution >= 0.6 is 0 Å². The Morgan fingerprint density at radius 2 is 1.52 bits per heavy atom. The summed E-state index contributed by atoms with van der Waals surface area (Å²) in [5.74, 6) is -1.80. The molecule has 0 aromatic heterocycles. The van der Waals surface area contributed by atoms with Gasteiger partial charge in [-0.25, -0.2) is 4.79 Å². The van der Waals surface area contributed by atoms with Crippen molar-refractivity contribution in [1.29, 1.82) is 0 Å². The smallest absolute Gasteiger partial charge is 0.339 e. The maximum Gasteiger partial charge on any atom is 0.339 e. The number of benzene rings is 1. The molecule has 174 valence electrons. The molecule has 31 heavy (non-hydrogen) atoms. The lowest BCUT2D eigenvalue weighted by Crippen LogP contribution is -2.20. The third kappa shape index (κ3) is 12.2. The molecule has 0 heterocycles. The van der Waals surface area contributed by atoms with Gasteiger partial charge in [0.1, 0.15) is 11.3 Å². The number of amides is 1. The second-order valence-electron chi connectivity index (χ2n) is 8.45. The minimum absolute atomic E-state index is 0.125. The predicted molar refractivity (Wildman–Crippen MR) is 128 cm³/mol. The maximum atomic E-state index is 12.3. The van der Waals surface area contributed by atoms with E-state index in [9.17, 15) is 14.7 Å². The fourth-order valence-corrected chi connectivity index (χ4v) is 3.53. The monoisotopic (exact) mass is 431 g/mol. The molecular weight excluding hydrogens is 390 g/mol. The summed E-state index contributed by atoms with van der Waals surface area (Å²) < 4.78 is 0. The van der Waals surface area contributed by atoms with Crippen LogP contribution < -0.4 is 5.32 Å². The van der Waals surface area contributed by atoms with Crippen LogP contribution in [0.1, 0.15) is 108 Å². The molecule has 0 aliphatic rings. The third-order valence-corrected chi connectivity index (χ3v) is 5.59. The molecule has 5 nitrogen and oxygen atoms in total. The first-order valence-corrected chi connectivity index (χ1v) is 12.0. The van der Waals surface area contributed by atoms with Gasteiger partial charge in [0, 0.05) is 11.6 Å². The number of carboxylic acids is 1. The lowest BCUT2D eigenvalue weighted by atomic mass is 10.0. The van der Waals surface area contributed by atoms with Crippen molar-refractivity contribution in [3.8, 4) is 5.75 Å². The normalized spacial score (nSPS) is 12.2. The Morgan fingerprint density at radius 1 is 0.935 bits per heavy atom. The van der Waals surface area contributed by atoms with Crippen LogP contribution in [0.3, 0.4) is 0 Å². The molecule has 0 bridgehead atoms. The molecule has 1 amide bonds. The van der Waals surface area contributed by atoms with Gasteiger partial charge in [0.2, 0.25) is 5.91 Å². The number of carbonyl (C=O) groups excluding carboxylic acids is 1. The van der Waals surface area contributed by atoms with E-state index in [0.717, 1.165) is 25.7 Å². The number of aromatic carboxylic acids is 1. The molecule has 0 saturated heterocycles. The summed E-state index contributed by atoms with van der Waals surface area (Å²) in [7, 11) is 0. The third-order valence-electron chi connectivity index (χ3n) is 5.59. The summed E-state index contributed by atoms with van der Waals surface area (Å²) in [5, 5.41) is 21.3. The van der Waals surface area contributed by atoms with E-state index in [4.69, 9.17) is 5.11 Å². The highest BCUT2D eigenvalue weighted by Gasteiger charge is 2.15. The number of hydrogen-bond acceptors (Lipinski definition) is 3. The fraction of sp³-hybridized carbons (Fsp3) is 0.615. The van der Waals surface area contributed by atoms with Gasteiger partial charge in [-0.1, -0.05) is 77.4 Å². The van der Waals surface area contributed by atoms with Crippen LogP contribution in [0.5, 0.6) is 5.75 Å². The van der Waals surface area contributed by atoms with E-state index >= 15 is 0 Å². The molecule has 0 aliphatic carbocycles. The molecule has 1 rings (SSSR count). The molecule has 1 aromatic rings. The summed E-state index contributed by atoms with van der Waals surface area (Å²) >= 11 is 0. The number of allylic oxidation sites excluding steroid dienone is 2. The van der Waals surface area contributed by atoms with Crippen molar-refractivity contribution in [2.75, 3.05) is 5.32 Å². The molecule has 0 saturated carbocycles. The number of carbonyl (C=O) groups is 2. The number of carboxylic acid groups (broad SMARTS) is 1. The van der Waals surface area contributed by atoms with Gasteiger partial charge in [-0.05, 0) is 50.3 Å². The van der Waals surface area contributed by atoms with Crippen LogP contribution in [-0.2, 0) is 4.79 Å². The highest BCUT2D eigenvalue weighted by molar-refractivity contribution is 5.96. The molecule has 0 spiro atoms. The second-order valence-corrected chi connectivity index (χ2v) is 8.45. The zero-order valence-electron chi connectivity index (χ0n) is 19.4. The fourth-order valence-electron chi connectivity index (χ4n) is 3.53. The van der Waals surface area contributed by atoms with Gasteiger partial charge in [-0.3, -0.25) is 4.79 Å². The van der Waals surface area contributed by atoms with E-state index in [1.807, 2.05) is 6.92 Å². The van der Waals surface area contributed by atoms with Crippen molar-refractivity contribution in [2.45, 2.75) is 97.3 Å². The van der Waals surface area contributed by atoms with Crippen molar-refractivity contribution >= 4 is 17.6 Å². The number of phenols is 1. The van der Waals surface area contributed by atoms with Gasteiger partial charge in [0.15, 0.2) is 0 Å². The first kappa shape index (κ1) is 26.7. The highest BCUT2D eigenvalue weighted by Crippen LogP contribution is 2.22. The van der Waals surface area contributed by atoms with Crippen LogP contribution in [0.15, 0.2) is 30.4 Å². The van der Waals surface area contributed by atoms with Crippen molar-refractivity contribution in [3.05, 3.63) is 35.9 Å². The van der Waals surface area contributed by atoms with Gasteiger partial charge >= 0.3 is 5.97 Å². The summed E-state index contributed by atoms with van der Waals surface area (Å²) in [4.78, 5) is 23.4. The van der Waals surface area contributed by atoms with Crippen LogP contribution in [0.2, 0.25) is 0 Å². The predicted octanol–water partition coefficient (Wildman–Crippen LogP) is 7.31. The summed E-state index contributed by atoms with van der Waals surface area (Å²) in [5.41, 5.74) is 0.172. The first-order chi connectivity index (χ1) is 15.0. The van der Waals surface area contributed by atoms with Crippen LogP contribution in [0, 0.1) is 5.92 Å². The summed E-state index contributed by atoms with van der Waals surface area (Å²) in [6.07, 6.45) is 20.4.